The third-order valence-electron chi connectivity index (χ3n) is 5.67. The molecule has 0 aliphatic rings. The lowest BCUT2D eigenvalue weighted by atomic mass is 10.2. The van der Waals surface area contributed by atoms with Gasteiger partial charge in [0.2, 0.25) is 0 Å². The number of imidazole rings is 2. The van der Waals surface area contributed by atoms with Crippen LogP contribution in [0.4, 0.5) is 0 Å². The highest BCUT2D eigenvalue weighted by molar-refractivity contribution is 5.70. The van der Waals surface area contributed by atoms with E-state index in [4.69, 9.17) is 0 Å². The van der Waals surface area contributed by atoms with E-state index in [9.17, 15) is 19.2 Å². The maximum Gasteiger partial charge on any atom is 0.332 e. The summed E-state index contributed by atoms with van der Waals surface area (Å²) in [6.45, 7) is 0.501. The fraction of sp³-hybridized carbons (Fsp3) is 0.474. The normalized spacial score (nSPS) is 11.7. The van der Waals surface area contributed by atoms with E-state index in [1.165, 1.54) is 30.9 Å². The second-order valence-electron chi connectivity index (χ2n) is 7.71. The van der Waals surface area contributed by atoms with E-state index in [-0.39, 0.29) is 24.2 Å². The van der Waals surface area contributed by atoms with Crippen LogP contribution in [0.2, 0.25) is 0 Å². The predicted octanol–water partition coefficient (Wildman–Crippen LogP) is -0.949. The van der Waals surface area contributed by atoms with Crippen LogP contribution in [0.5, 0.6) is 0 Å². The van der Waals surface area contributed by atoms with E-state index in [0.717, 1.165) is 0 Å². The Morgan fingerprint density at radius 2 is 1.03 bits per heavy atom. The van der Waals surface area contributed by atoms with Gasteiger partial charge in [-0.3, -0.25) is 27.9 Å². The molecule has 31 heavy (non-hydrogen) atoms. The molecule has 0 spiro atoms. The summed E-state index contributed by atoms with van der Waals surface area (Å²) in [4.78, 5) is 58.7. The van der Waals surface area contributed by atoms with E-state index >= 15 is 0 Å². The molecular formula is C19H24N8O4. The maximum absolute atomic E-state index is 12.7. The zero-order valence-electron chi connectivity index (χ0n) is 17.9. The summed E-state index contributed by atoms with van der Waals surface area (Å²) < 4.78 is 8.34. The zero-order chi connectivity index (χ0) is 22.4. The third kappa shape index (κ3) is 3.14. The van der Waals surface area contributed by atoms with Crippen LogP contribution in [-0.4, -0.2) is 37.4 Å². The molecule has 0 unspecified atom stereocenters. The predicted molar refractivity (Wildman–Crippen MR) is 114 cm³/mol. The molecule has 0 aliphatic carbocycles. The van der Waals surface area contributed by atoms with Crippen molar-refractivity contribution in [3.8, 4) is 0 Å². The molecule has 0 bridgehead atoms. The van der Waals surface area contributed by atoms with Gasteiger partial charge in [-0.1, -0.05) is 0 Å². The molecule has 0 amide bonds. The molecule has 0 radical (unpaired) electrons. The van der Waals surface area contributed by atoms with Gasteiger partial charge in [-0.2, -0.15) is 0 Å². The molecule has 0 saturated carbocycles. The number of rotatable bonds is 6. The van der Waals surface area contributed by atoms with Gasteiger partial charge < -0.3 is 9.13 Å². The Morgan fingerprint density at radius 1 is 0.645 bits per heavy atom. The Hall–Kier alpha value is -3.70. The Kier molecular flexibility index (Phi) is 4.99. The van der Waals surface area contributed by atoms with Crippen LogP contribution < -0.4 is 22.5 Å². The van der Waals surface area contributed by atoms with Crippen LogP contribution in [0.3, 0.4) is 0 Å². The first kappa shape index (κ1) is 20.6. The monoisotopic (exact) mass is 428 g/mol. The molecule has 0 atom stereocenters. The van der Waals surface area contributed by atoms with Gasteiger partial charge in [0.05, 0.1) is 12.7 Å². The summed E-state index contributed by atoms with van der Waals surface area (Å²) in [5.41, 5.74) is -0.104. The van der Waals surface area contributed by atoms with Crippen molar-refractivity contribution >= 4 is 22.3 Å². The smallest absolute Gasteiger partial charge is 0.328 e. The molecule has 0 saturated heterocycles. The van der Waals surface area contributed by atoms with Gasteiger partial charge in [0, 0.05) is 41.3 Å². The quantitative estimate of drug-likeness (QED) is 0.365. The lowest BCUT2D eigenvalue weighted by Gasteiger charge is -2.10. The van der Waals surface area contributed by atoms with Crippen molar-refractivity contribution in [3.05, 3.63) is 54.3 Å². The average Bonchev–Trinajstić information content (AvgIpc) is 3.32. The fourth-order valence-electron chi connectivity index (χ4n) is 3.90. The van der Waals surface area contributed by atoms with Crippen molar-refractivity contribution in [1.29, 1.82) is 0 Å². The number of nitrogens with zero attached hydrogens (tertiary/aromatic N) is 8. The molecule has 4 aromatic heterocycles. The fourth-order valence-corrected chi connectivity index (χ4v) is 3.90. The highest BCUT2D eigenvalue weighted by Gasteiger charge is 2.16. The second-order valence-corrected chi connectivity index (χ2v) is 7.71. The Labute approximate surface area is 175 Å². The largest absolute Gasteiger partial charge is 0.332 e. The minimum atomic E-state index is -0.414. The SMILES string of the molecule is Cn1cnc2c1c(=O)n(CCCCCn1c(=O)c3c(ncn3C)n(C)c1=O)c(=O)n2C. The summed E-state index contributed by atoms with van der Waals surface area (Å²) in [5, 5.41) is 0. The number of fused-ring (bicyclic) bond motifs is 2. The minimum Gasteiger partial charge on any atom is -0.328 e. The third-order valence-corrected chi connectivity index (χ3v) is 5.67. The highest BCUT2D eigenvalue weighted by atomic mass is 16.2. The Bertz CT molecular complexity index is 1430. The van der Waals surface area contributed by atoms with Crippen LogP contribution in [0.15, 0.2) is 31.8 Å². The van der Waals surface area contributed by atoms with Crippen LogP contribution >= 0.6 is 0 Å². The number of aryl methyl sites for hydroxylation is 4. The van der Waals surface area contributed by atoms with Gasteiger partial charge in [0.1, 0.15) is 0 Å². The van der Waals surface area contributed by atoms with Crippen LogP contribution in [0, 0.1) is 0 Å². The average molecular weight is 428 g/mol. The van der Waals surface area contributed by atoms with E-state index < -0.39 is 11.4 Å². The first-order valence-corrected chi connectivity index (χ1v) is 9.95. The Morgan fingerprint density at radius 3 is 1.42 bits per heavy atom. The van der Waals surface area contributed by atoms with E-state index in [2.05, 4.69) is 9.97 Å². The molecule has 0 fully saturated rings. The maximum atomic E-state index is 12.7. The summed E-state index contributed by atoms with van der Waals surface area (Å²) in [6.07, 6.45) is 4.77. The molecule has 164 valence electrons. The molecule has 0 N–H and O–H groups in total. The molecule has 4 heterocycles. The van der Waals surface area contributed by atoms with E-state index in [1.54, 1.807) is 37.3 Å². The number of hydrogen-bond donors (Lipinski definition) is 0. The summed E-state index contributed by atoms with van der Waals surface area (Å²) >= 11 is 0. The Balaban J connectivity index is 1.50. The summed E-state index contributed by atoms with van der Waals surface area (Å²) in [5.74, 6) is 0. The molecule has 12 heteroatoms. The number of unbranched alkanes of at least 4 members (excludes halogenated alkanes) is 2. The molecule has 0 aromatic carbocycles. The van der Waals surface area contributed by atoms with Crippen molar-refractivity contribution in [2.24, 2.45) is 28.2 Å². The first-order chi connectivity index (χ1) is 14.7. The zero-order valence-corrected chi connectivity index (χ0v) is 17.9. The lowest BCUT2D eigenvalue weighted by molar-refractivity contribution is 0.501. The van der Waals surface area contributed by atoms with Crippen LogP contribution in [0.1, 0.15) is 19.3 Å². The first-order valence-electron chi connectivity index (χ1n) is 9.95. The summed E-state index contributed by atoms with van der Waals surface area (Å²) in [6, 6.07) is 0. The van der Waals surface area contributed by atoms with Gasteiger partial charge in [0.25, 0.3) is 11.1 Å². The topological polar surface area (TPSA) is 124 Å². The van der Waals surface area contributed by atoms with Gasteiger partial charge in [-0.15, -0.1) is 0 Å². The number of hydrogen-bond acceptors (Lipinski definition) is 6. The highest BCUT2D eigenvalue weighted by Crippen LogP contribution is 2.06. The van der Waals surface area contributed by atoms with Crippen LogP contribution in [-0.2, 0) is 41.3 Å². The van der Waals surface area contributed by atoms with Crippen LogP contribution in [0.25, 0.3) is 22.3 Å². The number of aromatic nitrogens is 8. The minimum absolute atomic E-state index is 0.250. The van der Waals surface area contributed by atoms with E-state index in [0.29, 0.717) is 41.6 Å². The van der Waals surface area contributed by atoms with Crippen molar-refractivity contribution in [3.63, 3.8) is 0 Å². The van der Waals surface area contributed by atoms with Gasteiger partial charge >= 0.3 is 11.4 Å². The molecule has 0 aliphatic heterocycles. The molecule has 4 aromatic rings. The molecule has 12 nitrogen and oxygen atoms in total. The van der Waals surface area contributed by atoms with Crippen molar-refractivity contribution < 1.29 is 0 Å². The van der Waals surface area contributed by atoms with E-state index in [1.807, 2.05) is 0 Å². The van der Waals surface area contributed by atoms with Crippen molar-refractivity contribution in [2.45, 2.75) is 32.4 Å². The van der Waals surface area contributed by atoms with Crippen molar-refractivity contribution in [2.75, 3.05) is 0 Å². The lowest BCUT2D eigenvalue weighted by Crippen LogP contribution is -2.40. The van der Waals surface area contributed by atoms with Crippen molar-refractivity contribution in [1.82, 2.24) is 37.4 Å². The van der Waals surface area contributed by atoms with Gasteiger partial charge in [-0.25, -0.2) is 19.6 Å². The summed E-state index contributed by atoms with van der Waals surface area (Å²) in [7, 11) is 6.60. The van der Waals surface area contributed by atoms with Gasteiger partial charge in [-0.05, 0) is 19.3 Å². The standard InChI is InChI=1S/C19H24N8O4/c1-22-10-20-14-12(22)16(28)26(18(30)24(14)3)8-6-5-7-9-27-17(29)13-15(21-11-23(13)2)25(4)19(27)31/h10-11H,5-9H2,1-4H3. The second kappa shape index (κ2) is 7.52. The molecular weight excluding hydrogens is 404 g/mol. The molecule has 4 rings (SSSR count). The van der Waals surface area contributed by atoms with Gasteiger partial charge in [0.15, 0.2) is 22.3 Å².